The van der Waals surface area contributed by atoms with Crippen LogP contribution in [0.1, 0.15) is 48.7 Å². The second kappa shape index (κ2) is 13.0. The van der Waals surface area contributed by atoms with E-state index in [0.717, 1.165) is 12.0 Å². The number of phenolic OH excluding ortho intramolecular Hbond substituents is 1. The molecule has 0 saturated carbocycles. The Hall–Kier alpha value is -3.30. The van der Waals surface area contributed by atoms with Crippen molar-refractivity contribution in [3.8, 4) is 5.75 Å². The minimum absolute atomic E-state index is 0.0205. The van der Waals surface area contributed by atoms with Gasteiger partial charge in [-0.25, -0.2) is 0 Å². The minimum atomic E-state index is -1.60. The van der Waals surface area contributed by atoms with Crippen LogP contribution in [-0.2, 0) is 16.0 Å². The highest BCUT2D eigenvalue weighted by Crippen LogP contribution is 2.39. The van der Waals surface area contributed by atoms with Crippen molar-refractivity contribution in [2.24, 2.45) is 0 Å². The molecule has 38 heavy (non-hydrogen) atoms. The zero-order chi connectivity index (χ0) is 27.9. The molecule has 1 heterocycles. The summed E-state index contributed by atoms with van der Waals surface area (Å²) in [6.45, 7) is 7.78. The Bertz CT molecular complexity index is 1170. The van der Waals surface area contributed by atoms with Gasteiger partial charge in [-0.15, -0.1) is 11.8 Å². The molecule has 1 aliphatic heterocycles. The molecule has 0 spiro atoms. The van der Waals surface area contributed by atoms with Crippen LogP contribution >= 0.6 is 11.8 Å². The van der Waals surface area contributed by atoms with E-state index in [2.05, 4.69) is 10.6 Å². The number of carbonyl (C=O) groups is 3. The van der Waals surface area contributed by atoms with E-state index in [1.54, 1.807) is 19.1 Å². The fourth-order valence-corrected chi connectivity index (χ4v) is 5.63. The number of hydrogen-bond acceptors (Lipinski definition) is 6. The fraction of sp³-hybridized carbons (Fsp3) is 0.414. The maximum Gasteiger partial charge on any atom is 0.254 e. The molecule has 1 aliphatic rings. The Kier molecular flexibility index (Phi) is 9.99. The van der Waals surface area contributed by atoms with Crippen LogP contribution in [0.4, 0.5) is 0 Å². The van der Waals surface area contributed by atoms with Crippen molar-refractivity contribution in [2.45, 2.75) is 63.5 Å². The molecule has 204 valence electrons. The summed E-state index contributed by atoms with van der Waals surface area (Å²) in [4.78, 5) is 41.4. The topological polar surface area (TPSA) is 119 Å². The van der Waals surface area contributed by atoms with E-state index in [4.69, 9.17) is 0 Å². The summed E-state index contributed by atoms with van der Waals surface area (Å²) in [5.41, 5.74) is 1.47. The molecule has 0 bridgehead atoms. The predicted octanol–water partition coefficient (Wildman–Crippen LogP) is 3.17. The third kappa shape index (κ3) is 6.96. The molecule has 1 saturated heterocycles. The summed E-state index contributed by atoms with van der Waals surface area (Å²) in [6, 6.07) is 12.1. The number of rotatable bonds is 10. The van der Waals surface area contributed by atoms with Crippen LogP contribution in [0.15, 0.2) is 60.7 Å². The normalized spacial score (nSPS) is 18.2. The molecule has 8 nitrogen and oxygen atoms in total. The number of hydrogen-bond donors (Lipinski definition) is 4. The molecule has 3 atom stereocenters. The fourth-order valence-electron chi connectivity index (χ4n) is 4.49. The summed E-state index contributed by atoms with van der Waals surface area (Å²) < 4.78 is -0.565. The van der Waals surface area contributed by atoms with Gasteiger partial charge in [0, 0.05) is 22.4 Å². The molecular weight excluding hydrogens is 502 g/mol. The van der Waals surface area contributed by atoms with Gasteiger partial charge in [0.25, 0.3) is 11.8 Å². The Labute approximate surface area is 228 Å². The van der Waals surface area contributed by atoms with Crippen molar-refractivity contribution >= 4 is 29.5 Å². The largest absolute Gasteiger partial charge is 0.508 e. The zero-order valence-electron chi connectivity index (χ0n) is 22.3. The lowest BCUT2D eigenvalue weighted by molar-refractivity contribution is -0.147. The summed E-state index contributed by atoms with van der Waals surface area (Å²) in [5, 5.41) is 27.0. The lowest BCUT2D eigenvalue weighted by Crippen LogP contribution is -2.58. The first-order chi connectivity index (χ1) is 18.1. The zero-order valence-corrected chi connectivity index (χ0v) is 23.1. The number of nitrogens with one attached hydrogen (secondary N) is 2. The van der Waals surface area contributed by atoms with Gasteiger partial charge in [-0.3, -0.25) is 14.4 Å². The van der Waals surface area contributed by atoms with E-state index in [1.165, 1.54) is 22.7 Å². The van der Waals surface area contributed by atoms with Crippen molar-refractivity contribution in [3.05, 3.63) is 77.4 Å². The van der Waals surface area contributed by atoms with Gasteiger partial charge in [-0.2, -0.15) is 0 Å². The monoisotopic (exact) mass is 539 g/mol. The van der Waals surface area contributed by atoms with Crippen LogP contribution in [0.2, 0.25) is 0 Å². The molecule has 2 aromatic carbocycles. The third-order valence-corrected chi connectivity index (χ3v) is 8.05. The quantitative estimate of drug-likeness (QED) is 0.345. The predicted molar refractivity (Wildman–Crippen MR) is 150 cm³/mol. The lowest BCUT2D eigenvalue weighted by Gasteiger charge is -2.33. The summed E-state index contributed by atoms with van der Waals surface area (Å²) >= 11 is 1.46. The lowest BCUT2D eigenvalue weighted by atomic mass is 9.96. The highest BCUT2D eigenvalue weighted by molar-refractivity contribution is 8.00. The molecular formula is C29H37N3O5S. The van der Waals surface area contributed by atoms with Crippen molar-refractivity contribution in [3.63, 3.8) is 0 Å². The summed E-state index contributed by atoms with van der Waals surface area (Å²) in [5.74, 6) is -1.21. The highest BCUT2D eigenvalue weighted by atomic mass is 32.2. The van der Waals surface area contributed by atoms with Crippen molar-refractivity contribution in [2.75, 3.05) is 12.4 Å². The summed E-state index contributed by atoms with van der Waals surface area (Å²) in [7, 11) is 0. The molecule has 3 rings (SSSR count). The minimum Gasteiger partial charge on any atom is -0.508 e. The number of nitrogens with zero attached hydrogens (tertiary/aromatic N) is 1. The van der Waals surface area contributed by atoms with Gasteiger partial charge in [0.2, 0.25) is 5.91 Å². The average Bonchev–Trinajstić information content (AvgIpc) is 3.22. The van der Waals surface area contributed by atoms with Crippen LogP contribution in [0.3, 0.4) is 0 Å². The number of aliphatic hydroxyl groups is 1. The van der Waals surface area contributed by atoms with Crippen LogP contribution in [0, 0.1) is 6.92 Å². The second-order valence-corrected chi connectivity index (χ2v) is 11.5. The van der Waals surface area contributed by atoms with E-state index in [9.17, 15) is 24.6 Å². The molecule has 2 aromatic rings. The van der Waals surface area contributed by atoms with E-state index in [1.807, 2.05) is 63.3 Å². The van der Waals surface area contributed by atoms with Gasteiger partial charge in [0.05, 0.1) is 11.9 Å². The maximum atomic E-state index is 13.7. The van der Waals surface area contributed by atoms with E-state index in [-0.39, 0.29) is 29.5 Å². The smallest absolute Gasteiger partial charge is 0.254 e. The van der Waals surface area contributed by atoms with Crippen LogP contribution < -0.4 is 10.6 Å². The SMILES string of the molecule is CCC=CCNC(=O)[C@H]1N(C(=O)[C@@H](O)[C@H](Cc2ccccc2)NC(=O)c2cccc(O)c2C)CSC1(C)C. The molecule has 4 N–H and O–H groups in total. The van der Waals surface area contributed by atoms with Gasteiger partial charge >= 0.3 is 0 Å². The van der Waals surface area contributed by atoms with E-state index in [0.29, 0.717) is 12.1 Å². The van der Waals surface area contributed by atoms with Gasteiger partial charge in [-0.05, 0) is 51.3 Å². The number of benzene rings is 2. The van der Waals surface area contributed by atoms with Gasteiger partial charge < -0.3 is 25.7 Å². The van der Waals surface area contributed by atoms with Crippen molar-refractivity contribution in [1.82, 2.24) is 15.5 Å². The van der Waals surface area contributed by atoms with Gasteiger partial charge in [0.15, 0.2) is 6.10 Å². The van der Waals surface area contributed by atoms with Gasteiger partial charge in [0.1, 0.15) is 11.8 Å². The van der Waals surface area contributed by atoms with E-state index < -0.39 is 34.7 Å². The van der Waals surface area contributed by atoms with Gasteiger partial charge in [-0.1, -0.05) is 55.5 Å². The molecule has 0 unspecified atom stereocenters. The Balaban J connectivity index is 1.85. The number of amides is 3. The molecule has 0 aliphatic carbocycles. The molecule has 0 radical (unpaired) electrons. The van der Waals surface area contributed by atoms with Crippen LogP contribution in [0.25, 0.3) is 0 Å². The van der Waals surface area contributed by atoms with Crippen LogP contribution in [0.5, 0.6) is 5.75 Å². The number of aromatic hydroxyl groups is 1. The summed E-state index contributed by atoms with van der Waals surface area (Å²) in [6.07, 6.45) is 3.27. The number of allylic oxidation sites excluding steroid dienone is 1. The maximum absolute atomic E-state index is 13.7. The molecule has 3 amide bonds. The first kappa shape index (κ1) is 29.3. The number of phenols is 1. The molecule has 9 heteroatoms. The number of aliphatic hydroxyl groups excluding tert-OH is 1. The van der Waals surface area contributed by atoms with E-state index >= 15 is 0 Å². The standard InChI is InChI=1S/C29H37N3O5S/c1-5-6-10-16-30-27(36)25-29(3,4)38-18-32(25)28(37)24(34)22(17-20-12-8-7-9-13-20)31-26(35)21-14-11-15-23(33)19(21)2/h6-15,22,24-25,33-34H,5,16-18H2,1-4H3,(H,30,36)(H,31,35)/t22-,24-,25+/m0/s1. The Morgan fingerprint density at radius 1 is 1.13 bits per heavy atom. The molecule has 1 fully saturated rings. The Morgan fingerprint density at radius 3 is 2.53 bits per heavy atom. The Morgan fingerprint density at radius 2 is 1.84 bits per heavy atom. The van der Waals surface area contributed by atoms with Crippen molar-refractivity contribution in [1.29, 1.82) is 0 Å². The third-order valence-electron chi connectivity index (χ3n) is 6.67. The molecule has 0 aromatic heterocycles. The first-order valence-corrected chi connectivity index (χ1v) is 13.7. The first-order valence-electron chi connectivity index (χ1n) is 12.8. The van der Waals surface area contributed by atoms with Crippen LogP contribution in [-0.4, -0.2) is 68.2 Å². The van der Waals surface area contributed by atoms with Crippen molar-refractivity contribution < 1.29 is 24.6 Å². The average molecular weight is 540 g/mol. The number of carbonyl (C=O) groups excluding carboxylic acids is 3. The number of thioether (sulfide) groups is 1. The highest BCUT2D eigenvalue weighted by Gasteiger charge is 2.49. The second-order valence-electron chi connectivity index (χ2n) is 9.88.